The lowest BCUT2D eigenvalue weighted by atomic mass is 10.1. The average Bonchev–Trinajstić information content (AvgIpc) is 2.60. The molecule has 20 heavy (non-hydrogen) atoms. The molecule has 4 heteroatoms. The van der Waals surface area contributed by atoms with Crippen LogP contribution < -0.4 is 5.43 Å². The molecule has 0 radical (unpaired) electrons. The SMILES string of the molecule is Cc1ccc(=O)c(O)c(-c2ccc3cccnc3n2)c1. The van der Waals surface area contributed by atoms with Gasteiger partial charge in [-0.3, -0.25) is 4.79 Å². The molecule has 0 aliphatic rings. The highest BCUT2D eigenvalue weighted by Crippen LogP contribution is 2.26. The van der Waals surface area contributed by atoms with Gasteiger partial charge in [0.05, 0.1) is 5.69 Å². The maximum atomic E-state index is 11.7. The summed E-state index contributed by atoms with van der Waals surface area (Å²) in [5, 5.41) is 10.9. The Morgan fingerprint density at radius 2 is 1.95 bits per heavy atom. The molecular weight excluding hydrogens is 252 g/mol. The highest BCUT2D eigenvalue weighted by molar-refractivity contribution is 5.79. The van der Waals surface area contributed by atoms with Crippen LogP contribution in [0.4, 0.5) is 0 Å². The van der Waals surface area contributed by atoms with E-state index in [-0.39, 0.29) is 5.75 Å². The molecule has 2 aromatic heterocycles. The lowest BCUT2D eigenvalue weighted by Crippen LogP contribution is -1.95. The summed E-state index contributed by atoms with van der Waals surface area (Å²) in [7, 11) is 0. The minimum Gasteiger partial charge on any atom is -0.504 e. The van der Waals surface area contributed by atoms with Gasteiger partial charge in [0.1, 0.15) is 0 Å². The molecule has 3 rings (SSSR count). The number of hydrogen-bond acceptors (Lipinski definition) is 4. The molecule has 0 unspecified atom stereocenters. The molecule has 0 spiro atoms. The quantitative estimate of drug-likeness (QED) is 0.734. The van der Waals surface area contributed by atoms with Crippen LogP contribution in [0.3, 0.4) is 0 Å². The van der Waals surface area contributed by atoms with E-state index in [1.165, 1.54) is 6.07 Å². The second-order valence-corrected chi connectivity index (χ2v) is 4.59. The van der Waals surface area contributed by atoms with Gasteiger partial charge >= 0.3 is 0 Å². The Morgan fingerprint density at radius 3 is 2.80 bits per heavy atom. The van der Waals surface area contributed by atoms with E-state index in [2.05, 4.69) is 9.97 Å². The summed E-state index contributed by atoms with van der Waals surface area (Å²) in [4.78, 5) is 20.3. The van der Waals surface area contributed by atoms with Crippen molar-refractivity contribution in [3.05, 3.63) is 64.4 Å². The molecule has 3 aromatic rings. The maximum Gasteiger partial charge on any atom is 0.220 e. The Balaban J connectivity index is 2.31. The van der Waals surface area contributed by atoms with Gasteiger partial charge in [0.2, 0.25) is 5.43 Å². The number of aromatic hydroxyl groups is 1. The third-order valence-corrected chi connectivity index (χ3v) is 3.10. The van der Waals surface area contributed by atoms with Gasteiger partial charge in [0.15, 0.2) is 11.4 Å². The van der Waals surface area contributed by atoms with E-state index in [0.717, 1.165) is 10.9 Å². The average molecular weight is 264 g/mol. The van der Waals surface area contributed by atoms with Crippen LogP contribution >= 0.6 is 0 Å². The predicted octanol–water partition coefficient (Wildman–Crippen LogP) is 2.67. The Kier molecular flexibility index (Phi) is 2.91. The predicted molar refractivity (Wildman–Crippen MR) is 77.6 cm³/mol. The zero-order valence-corrected chi connectivity index (χ0v) is 10.9. The van der Waals surface area contributed by atoms with Crippen molar-refractivity contribution in [1.29, 1.82) is 0 Å². The van der Waals surface area contributed by atoms with E-state index >= 15 is 0 Å². The summed E-state index contributed by atoms with van der Waals surface area (Å²) in [5.74, 6) is -0.291. The van der Waals surface area contributed by atoms with Crippen molar-refractivity contribution in [2.45, 2.75) is 6.92 Å². The van der Waals surface area contributed by atoms with Crippen LogP contribution in [0.2, 0.25) is 0 Å². The van der Waals surface area contributed by atoms with Crippen molar-refractivity contribution >= 4 is 11.0 Å². The fraction of sp³-hybridized carbons (Fsp3) is 0.0625. The van der Waals surface area contributed by atoms with E-state index in [1.54, 1.807) is 24.4 Å². The number of pyridine rings is 2. The van der Waals surface area contributed by atoms with E-state index < -0.39 is 5.43 Å². The number of aryl methyl sites for hydroxylation is 1. The lowest BCUT2D eigenvalue weighted by Gasteiger charge is -2.02. The maximum absolute atomic E-state index is 11.7. The Bertz CT molecular complexity index is 860. The standard InChI is InChI=1S/C16H12N2O2/c1-10-4-7-14(19)15(20)12(9-10)13-6-5-11-3-2-8-17-16(11)18-13/h2-9H,1H3,(H,19,20). The molecule has 2 heterocycles. The van der Waals surface area contributed by atoms with Crippen LogP contribution in [-0.4, -0.2) is 15.1 Å². The van der Waals surface area contributed by atoms with Crippen molar-refractivity contribution in [2.24, 2.45) is 0 Å². The number of rotatable bonds is 1. The van der Waals surface area contributed by atoms with Gasteiger partial charge in [-0.2, -0.15) is 0 Å². The van der Waals surface area contributed by atoms with Gasteiger partial charge in [0.25, 0.3) is 0 Å². The molecule has 0 aliphatic carbocycles. The van der Waals surface area contributed by atoms with Crippen LogP contribution in [0.5, 0.6) is 5.75 Å². The Labute approximate surface area is 115 Å². The summed E-state index contributed by atoms with van der Waals surface area (Å²) in [6.07, 6.45) is 1.66. The second-order valence-electron chi connectivity index (χ2n) is 4.59. The summed E-state index contributed by atoms with van der Waals surface area (Å²) < 4.78 is 0. The zero-order chi connectivity index (χ0) is 14.1. The van der Waals surface area contributed by atoms with Gasteiger partial charge in [-0.05, 0) is 43.3 Å². The van der Waals surface area contributed by atoms with Gasteiger partial charge in [-0.25, -0.2) is 9.97 Å². The molecule has 1 aromatic carbocycles. The van der Waals surface area contributed by atoms with Crippen LogP contribution in [0.1, 0.15) is 5.56 Å². The zero-order valence-electron chi connectivity index (χ0n) is 10.9. The fourth-order valence-electron chi connectivity index (χ4n) is 2.06. The molecule has 0 amide bonds. The first-order valence-corrected chi connectivity index (χ1v) is 6.21. The van der Waals surface area contributed by atoms with E-state index in [9.17, 15) is 9.90 Å². The third kappa shape index (κ3) is 2.12. The summed E-state index contributed by atoms with van der Waals surface area (Å²) in [6, 6.07) is 12.2. The molecule has 0 fully saturated rings. The molecule has 98 valence electrons. The highest BCUT2D eigenvalue weighted by Gasteiger charge is 2.09. The Morgan fingerprint density at radius 1 is 1.10 bits per heavy atom. The van der Waals surface area contributed by atoms with Crippen LogP contribution in [0.25, 0.3) is 22.3 Å². The summed E-state index contributed by atoms with van der Waals surface area (Å²) in [5.41, 5.74) is 1.99. The molecule has 0 aliphatic heterocycles. The van der Waals surface area contributed by atoms with Gasteiger partial charge in [0, 0.05) is 17.1 Å². The van der Waals surface area contributed by atoms with Gasteiger partial charge in [-0.15, -0.1) is 0 Å². The first-order chi connectivity index (χ1) is 9.65. The van der Waals surface area contributed by atoms with Crippen molar-refractivity contribution in [3.8, 4) is 17.0 Å². The van der Waals surface area contributed by atoms with Crippen molar-refractivity contribution in [1.82, 2.24) is 9.97 Å². The topological polar surface area (TPSA) is 63.1 Å². The minimum absolute atomic E-state index is 0.291. The molecule has 1 N–H and O–H groups in total. The van der Waals surface area contributed by atoms with Gasteiger partial charge < -0.3 is 5.11 Å². The number of hydrogen-bond donors (Lipinski definition) is 1. The number of fused-ring (bicyclic) bond motifs is 1. The minimum atomic E-state index is -0.420. The van der Waals surface area contributed by atoms with E-state index in [4.69, 9.17) is 0 Å². The highest BCUT2D eigenvalue weighted by atomic mass is 16.3. The number of nitrogens with zero attached hydrogens (tertiary/aromatic N) is 2. The van der Waals surface area contributed by atoms with Crippen LogP contribution in [0, 0.1) is 6.92 Å². The number of aromatic nitrogens is 2. The summed E-state index contributed by atoms with van der Waals surface area (Å²) >= 11 is 0. The lowest BCUT2D eigenvalue weighted by molar-refractivity contribution is 0.473. The van der Waals surface area contributed by atoms with Gasteiger partial charge in [-0.1, -0.05) is 11.6 Å². The van der Waals surface area contributed by atoms with Crippen LogP contribution in [-0.2, 0) is 0 Å². The smallest absolute Gasteiger partial charge is 0.220 e. The third-order valence-electron chi connectivity index (χ3n) is 3.10. The molecule has 4 nitrogen and oxygen atoms in total. The molecule has 0 bridgehead atoms. The first-order valence-electron chi connectivity index (χ1n) is 6.21. The molecule has 0 saturated carbocycles. The largest absolute Gasteiger partial charge is 0.504 e. The van der Waals surface area contributed by atoms with Crippen molar-refractivity contribution < 1.29 is 5.11 Å². The first kappa shape index (κ1) is 12.3. The fourth-order valence-corrected chi connectivity index (χ4v) is 2.06. The van der Waals surface area contributed by atoms with E-state index in [0.29, 0.717) is 16.9 Å². The van der Waals surface area contributed by atoms with Crippen LogP contribution in [0.15, 0.2) is 53.5 Å². The normalized spacial score (nSPS) is 10.7. The Hall–Kier alpha value is -2.75. The van der Waals surface area contributed by atoms with Crippen molar-refractivity contribution in [3.63, 3.8) is 0 Å². The van der Waals surface area contributed by atoms with E-state index in [1.807, 2.05) is 25.1 Å². The molecule has 0 saturated heterocycles. The second kappa shape index (κ2) is 4.74. The summed E-state index contributed by atoms with van der Waals surface area (Å²) in [6.45, 7) is 1.86. The molecule has 0 atom stereocenters. The van der Waals surface area contributed by atoms with Crippen molar-refractivity contribution in [2.75, 3.05) is 0 Å². The monoisotopic (exact) mass is 264 g/mol. The molecular formula is C16H12N2O2.